The molecule has 98 valence electrons. The Morgan fingerprint density at radius 1 is 1.25 bits per heavy atom. The van der Waals surface area contributed by atoms with Crippen LogP contribution in [-0.4, -0.2) is 26.0 Å². The van der Waals surface area contributed by atoms with Crippen LogP contribution in [0.4, 0.5) is 0 Å². The van der Waals surface area contributed by atoms with Crippen molar-refractivity contribution in [2.45, 2.75) is 58.9 Å². The van der Waals surface area contributed by atoms with Crippen molar-refractivity contribution in [2.75, 3.05) is 5.75 Å². The van der Waals surface area contributed by atoms with E-state index < -0.39 is 10.0 Å². The molecule has 0 saturated heterocycles. The molecule has 0 aromatic carbocycles. The van der Waals surface area contributed by atoms with Crippen LogP contribution in [-0.2, 0) is 14.8 Å². The lowest BCUT2D eigenvalue weighted by Gasteiger charge is -2.08. The Labute approximate surface area is 100 Å². The van der Waals surface area contributed by atoms with Crippen LogP contribution in [0.15, 0.2) is 0 Å². The molecule has 0 heterocycles. The highest BCUT2D eigenvalue weighted by molar-refractivity contribution is 7.89. The number of ketones is 1. The molecule has 0 aliphatic rings. The van der Waals surface area contributed by atoms with Crippen molar-refractivity contribution in [1.82, 2.24) is 4.72 Å². The molecular weight excluding hydrogens is 226 g/mol. The summed E-state index contributed by atoms with van der Waals surface area (Å²) in [7, 11) is -3.12. The lowest BCUT2D eigenvalue weighted by molar-refractivity contribution is -0.118. The maximum absolute atomic E-state index is 11.4. The predicted octanol–water partition coefficient (Wildman–Crippen LogP) is 2.10. The van der Waals surface area contributed by atoms with Gasteiger partial charge in [0.2, 0.25) is 10.0 Å². The molecule has 0 bridgehead atoms. The van der Waals surface area contributed by atoms with Gasteiger partial charge in [-0.1, -0.05) is 13.3 Å². The summed E-state index contributed by atoms with van der Waals surface area (Å²) >= 11 is 0. The molecule has 0 aromatic heterocycles. The van der Waals surface area contributed by atoms with Crippen LogP contribution in [0.25, 0.3) is 0 Å². The number of nitrogens with one attached hydrogen (secondary N) is 1. The lowest BCUT2D eigenvalue weighted by atomic mass is 10.1. The van der Waals surface area contributed by atoms with Crippen LogP contribution in [0.3, 0.4) is 0 Å². The van der Waals surface area contributed by atoms with E-state index >= 15 is 0 Å². The summed E-state index contributed by atoms with van der Waals surface area (Å²) in [6, 6.07) is -0.0494. The second-order valence-corrected chi connectivity index (χ2v) is 6.17. The molecular formula is C11H25NO3S. The number of carbonyl (C=O) groups excluding carboxylic acids is 1. The van der Waals surface area contributed by atoms with Gasteiger partial charge in [0.15, 0.2) is 0 Å². The fraction of sp³-hybridized carbons (Fsp3) is 0.909. The van der Waals surface area contributed by atoms with Crippen molar-refractivity contribution in [3.05, 3.63) is 0 Å². The zero-order chi connectivity index (χ0) is 12.6. The maximum Gasteiger partial charge on any atom is 0.211 e. The highest BCUT2D eigenvalue weighted by atomic mass is 32.2. The van der Waals surface area contributed by atoms with E-state index in [1.165, 1.54) is 0 Å². The van der Waals surface area contributed by atoms with Crippen molar-refractivity contribution in [2.24, 2.45) is 0 Å². The van der Waals surface area contributed by atoms with Crippen molar-refractivity contribution >= 4 is 15.8 Å². The summed E-state index contributed by atoms with van der Waals surface area (Å²) in [5.41, 5.74) is 0. The summed E-state index contributed by atoms with van der Waals surface area (Å²) in [5.74, 6) is 0.411. The first-order valence-electron chi connectivity index (χ1n) is 5.89. The van der Waals surface area contributed by atoms with Crippen LogP contribution < -0.4 is 4.72 Å². The van der Waals surface area contributed by atoms with Gasteiger partial charge in [-0.25, -0.2) is 13.1 Å². The van der Waals surface area contributed by atoms with Gasteiger partial charge in [-0.15, -0.1) is 0 Å². The third-order valence-electron chi connectivity index (χ3n) is 2.18. The summed E-state index contributed by atoms with van der Waals surface area (Å²) in [6.07, 6.45) is 3.37. The third kappa shape index (κ3) is 8.85. The first kappa shape index (κ1) is 15.6. The zero-order valence-electron chi connectivity index (χ0n) is 10.5. The monoisotopic (exact) mass is 251 g/mol. The molecule has 16 heavy (non-hydrogen) atoms. The van der Waals surface area contributed by atoms with Crippen molar-refractivity contribution in [3.63, 3.8) is 0 Å². The van der Waals surface area contributed by atoms with Crippen molar-refractivity contribution in [3.8, 4) is 0 Å². The molecule has 0 radical (unpaired) electrons. The van der Waals surface area contributed by atoms with E-state index in [-0.39, 0.29) is 19.0 Å². The largest absolute Gasteiger partial charge is 0.300 e. The summed E-state index contributed by atoms with van der Waals surface area (Å²) in [5, 5.41) is 0. The Balaban J connectivity index is 0. The fourth-order valence-corrected chi connectivity index (χ4v) is 2.81. The SMILES string of the molecule is CCC(=O)CCCCCS(=O)(=O)NC(C)C.[HH]. The number of hydrogen-bond donors (Lipinski definition) is 1. The molecule has 0 fully saturated rings. The minimum Gasteiger partial charge on any atom is -0.300 e. The van der Waals surface area contributed by atoms with Gasteiger partial charge in [0.1, 0.15) is 5.78 Å². The van der Waals surface area contributed by atoms with E-state index in [9.17, 15) is 13.2 Å². The predicted molar refractivity (Wildman–Crippen MR) is 67.9 cm³/mol. The quantitative estimate of drug-likeness (QED) is 0.638. The van der Waals surface area contributed by atoms with E-state index in [1.807, 2.05) is 6.92 Å². The topological polar surface area (TPSA) is 63.2 Å². The molecule has 0 aliphatic carbocycles. The average Bonchev–Trinajstić information content (AvgIpc) is 2.14. The first-order chi connectivity index (χ1) is 7.37. The maximum atomic E-state index is 11.4. The van der Waals surface area contributed by atoms with E-state index in [2.05, 4.69) is 4.72 Å². The van der Waals surface area contributed by atoms with Crippen LogP contribution in [0, 0.1) is 0 Å². The Morgan fingerprint density at radius 2 is 1.88 bits per heavy atom. The van der Waals surface area contributed by atoms with Gasteiger partial charge in [0, 0.05) is 20.3 Å². The zero-order valence-corrected chi connectivity index (χ0v) is 11.3. The van der Waals surface area contributed by atoms with E-state index in [4.69, 9.17) is 0 Å². The molecule has 4 nitrogen and oxygen atoms in total. The summed E-state index contributed by atoms with van der Waals surface area (Å²) in [4.78, 5) is 11.0. The second-order valence-electron chi connectivity index (χ2n) is 4.29. The van der Waals surface area contributed by atoms with Gasteiger partial charge in [0.05, 0.1) is 5.75 Å². The molecule has 5 heteroatoms. The van der Waals surface area contributed by atoms with E-state index in [0.717, 1.165) is 12.8 Å². The molecule has 0 aromatic rings. The van der Waals surface area contributed by atoms with E-state index in [1.54, 1.807) is 13.8 Å². The average molecular weight is 251 g/mol. The number of rotatable bonds is 9. The van der Waals surface area contributed by atoms with Crippen LogP contribution in [0.5, 0.6) is 0 Å². The summed E-state index contributed by atoms with van der Waals surface area (Å²) < 4.78 is 25.4. The highest BCUT2D eigenvalue weighted by Crippen LogP contribution is 2.04. The molecule has 0 rings (SSSR count). The van der Waals surface area contributed by atoms with Gasteiger partial charge < -0.3 is 0 Å². The normalized spacial score (nSPS) is 12.0. The second kappa shape index (κ2) is 7.79. The molecule has 0 unspecified atom stereocenters. The van der Waals surface area contributed by atoms with Crippen LogP contribution >= 0.6 is 0 Å². The fourth-order valence-electron chi connectivity index (χ4n) is 1.39. The Hall–Kier alpha value is -0.420. The minimum absolute atomic E-state index is 0. The van der Waals surface area contributed by atoms with Gasteiger partial charge in [-0.3, -0.25) is 4.79 Å². The van der Waals surface area contributed by atoms with Gasteiger partial charge >= 0.3 is 0 Å². The Bertz CT molecular complexity index is 302. The van der Waals surface area contributed by atoms with Crippen molar-refractivity contribution < 1.29 is 14.6 Å². The molecule has 0 aliphatic heterocycles. The smallest absolute Gasteiger partial charge is 0.211 e. The molecule has 0 amide bonds. The number of sulfonamides is 1. The molecule has 0 saturated carbocycles. The number of Topliss-reactive ketones (excluding diaryl/α,β-unsaturated/α-hetero) is 1. The van der Waals surface area contributed by atoms with Crippen molar-refractivity contribution in [1.29, 1.82) is 0 Å². The molecule has 0 spiro atoms. The lowest BCUT2D eigenvalue weighted by Crippen LogP contribution is -2.32. The number of unbranched alkanes of at least 4 members (excludes halogenated alkanes) is 2. The Kier molecular flexibility index (Phi) is 7.58. The minimum atomic E-state index is -3.12. The highest BCUT2D eigenvalue weighted by Gasteiger charge is 2.10. The Morgan fingerprint density at radius 3 is 2.38 bits per heavy atom. The molecule has 1 N–H and O–H groups in total. The number of carbonyl (C=O) groups is 1. The van der Waals surface area contributed by atoms with E-state index in [0.29, 0.717) is 19.3 Å². The van der Waals surface area contributed by atoms with Crippen LogP contribution in [0.2, 0.25) is 0 Å². The number of hydrogen-bond acceptors (Lipinski definition) is 3. The van der Waals surface area contributed by atoms with Crippen LogP contribution in [0.1, 0.15) is 54.3 Å². The van der Waals surface area contributed by atoms with Gasteiger partial charge in [-0.05, 0) is 26.7 Å². The first-order valence-corrected chi connectivity index (χ1v) is 7.54. The van der Waals surface area contributed by atoms with Gasteiger partial charge in [-0.2, -0.15) is 0 Å². The van der Waals surface area contributed by atoms with Gasteiger partial charge in [0.25, 0.3) is 0 Å². The summed E-state index contributed by atoms with van der Waals surface area (Å²) in [6.45, 7) is 5.45. The standard InChI is InChI=1S/C11H23NO3S.H2/c1-4-11(13)8-6-5-7-9-16(14,15)12-10(2)3;/h10,12H,4-9H2,1-3H3;1H. The molecule has 0 atom stereocenters. The third-order valence-corrected chi connectivity index (χ3v) is 3.83.